The molecule has 0 aromatic heterocycles. The van der Waals surface area contributed by atoms with Crippen LogP contribution in [-0.2, 0) is 0 Å². The van der Waals surface area contributed by atoms with Crippen molar-refractivity contribution in [1.82, 2.24) is 0 Å². The molecule has 0 atom stereocenters. The van der Waals surface area contributed by atoms with Crippen molar-refractivity contribution in [3.8, 4) is 6.07 Å². The number of hydrogen-bond acceptors (Lipinski definition) is 1. The lowest BCUT2D eigenvalue weighted by Gasteiger charge is -2.01. The van der Waals surface area contributed by atoms with Gasteiger partial charge in [-0.2, -0.15) is 5.26 Å². The van der Waals surface area contributed by atoms with Gasteiger partial charge in [0.25, 0.3) is 0 Å². The Morgan fingerprint density at radius 3 is 1.53 bits per heavy atom. The van der Waals surface area contributed by atoms with Gasteiger partial charge in [0.15, 0.2) is 0 Å². The third-order valence-electron chi connectivity index (χ3n) is 3.20. The maximum absolute atomic E-state index is 8.39. The lowest BCUT2D eigenvalue weighted by molar-refractivity contribution is 0.548. The van der Waals surface area contributed by atoms with Crippen LogP contribution in [0, 0.1) is 11.3 Å². The molecule has 17 heavy (non-hydrogen) atoms. The topological polar surface area (TPSA) is 23.8 Å². The van der Waals surface area contributed by atoms with E-state index in [1.807, 2.05) is 6.08 Å². The van der Waals surface area contributed by atoms with Crippen molar-refractivity contribution in [2.75, 3.05) is 0 Å². The summed E-state index contributed by atoms with van der Waals surface area (Å²) in [7, 11) is 0. The third kappa shape index (κ3) is 15.2. The van der Waals surface area contributed by atoms with E-state index in [-0.39, 0.29) is 0 Å². The van der Waals surface area contributed by atoms with Gasteiger partial charge in [0.05, 0.1) is 6.07 Å². The standard InChI is InChI=1S/C16H29N/c1-2-3-4-5-6-7-8-9-10-11-12-13-14-15-16-17/h2H,1,3-15H2. The van der Waals surface area contributed by atoms with E-state index in [9.17, 15) is 0 Å². The second kappa shape index (κ2) is 15.2. The van der Waals surface area contributed by atoms with Crippen LogP contribution in [-0.4, -0.2) is 0 Å². The molecule has 0 aliphatic heterocycles. The van der Waals surface area contributed by atoms with E-state index in [1.54, 1.807) is 0 Å². The minimum atomic E-state index is 0.741. The third-order valence-corrected chi connectivity index (χ3v) is 3.20. The molecule has 0 heterocycles. The Labute approximate surface area is 108 Å². The van der Waals surface area contributed by atoms with Crippen LogP contribution in [0.4, 0.5) is 0 Å². The molecule has 0 bridgehead atoms. The summed E-state index contributed by atoms with van der Waals surface area (Å²) in [6, 6.07) is 2.20. The van der Waals surface area contributed by atoms with Crippen LogP contribution in [0.3, 0.4) is 0 Å². The molecule has 0 N–H and O–H groups in total. The van der Waals surface area contributed by atoms with Gasteiger partial charge in [-0.05, 0) is 19.3 Å². The van der Waals surface area contributed by atoms with Crippen LogP contribution in [0.1, 0.15) is 83.5 Å². The second-order valence-corrected chi connectivity index (χ2v) is 4.87. The van der Waals surface area contributed by atoms with Crippen LogP contribution >= 0.6 is 0 Å². The van der Waals surface area contributed by atoms with Gasteiger partial charge in [0, 0.05) is 6.42 Å². The molecule has 0 saturated carbocycles. The normalized spacial score (nSPS) is 10.1. The Balaban J connectivity index is 2.89. The average Bonchev–Trinajstić information content (AvgIpc) is 2.35. The molecule has 0 saturated heterocycles. The molecule has 1 heteroatoms. The van der Waals surface area contributed by atoms with E-state index in [4.69, 9.17) is 5.26 Å². The first kappa shape index (κ1) is 16.2. The Hall–Kier alpha value is -0.770. The number of unbranched alkanes of at least 4 members (excludes halogenated alkanes) is 12. The summed E-state index contributed by atoms with van der Waals surface area (Å²) in [6.45, 7) is 3.74. The first-order valence-electron chi connectivity index (χ1n) is 7.39. The summed E-state index contributed by atoms with van der Waals surface area (Å²) in [4.78, 5) is 0. The summed E-state index contributed by atoms with van der Waals surface area (Å²) in [5.41, 5.74) is 0. The molecule has 0 aromatic rings. The van der Waals surface area contributed by atoms with Crippen molar-refractivity contribution in [3.05, 3.63) is 12.7 Å². The Morgan fingerprint density at radius 2 is 1.12 bits per heavy atom. The molecule has 0 radical (unpaired) electrons. The van der Waals surface area contributed by atoms with Crippen LogP contribution in [0.2, 0.25) is 0 Å². The summed E-state index contributed by atoms with van der Waals surface area (Å²) >= 11 is 0. The highest BCUT2D eigenvalue weighted by molar-refractivity contribution is 4.67. The number of nitrogens with zero attached hydrogens (tertiary/aromatic N) is 1. The molecule has 0 aliphatic rings. The van der Waals surface area contributed by atoms with Crippen molar-refractivity contribution in [2.24, 2.45) is 0 Å². The van der Waals surface area contributed by atoms with E-state index in [1.165, 1.54) is 70.6 Å². The first-order chi connectivity index (χ1) is 8.41. The highest BCUT2D eigenvalue weighted by Crippen LogP contribution is 2.12. The molecule has 0 aliphatic carbocycles. The summed E-state index contributed by atoms with van der Waals surface area (Å²) in [6.07, 6.45) is 18.7. The van der Waals surface area contributed by atoms with E-state index in [0.717, 1.165) is 12.8 Å². The smallest absolute Gasteiger partial charge is 0.0621 e. The van der Waals surface area contributed by atoms with Gasteiger partial charge >= 0.3 is 0 Å². The van der Waals surface area contributed by atoms with E-state index >= 15 is 0 Å². The molecule has 0 aromatic carbocycles. The number of nitriles is 1. The van der Waals surface area contributed by atoms with Crippen LogP contribution < -0.4 is 0 Å². The van der Waals surface area contributed by atoms with E-state index < -0.39 is 0 Å². The van der Waals surface area contributed by atoms with Gasteiger partial charge in [0.2, 0.25) is 0 Å². The van der Waals surface area contributed by atoms with Gasteiger partial charge in [-0.3, -0.25) is 0 Å². The molecule has 1 nitrogen and oxygen atoms in total. The maximum Gasteiger partial charge on any atom is 0.0621 e. The molecular formula is C16H29N. The maximum atomic E-state index is 8.39. The molecule has 0 spiro atoms. The molecular weight excluding hydrogens is 206 g/mol. The lowest BCUT2D eigenvalue weighted by atomic mass is 10.0. The van der Waals surface area contributed by atoms with Gasteiger partial charge in [0.1, 0.15) is 0 Å². The summed E-state index contributed by atoms with van der Waals surface area (Å²) < 4.78 is 0. The van der Waals surface area contributed by atoms with Crippen molar-refractivity contribution in [3.63, 3.8) is 0 Å². The van der Waals surface area contributed by atoms with Crippen molar-refractivity contribution >= 4 is 0 Å². The molecule has 0 amide bonds. The highest BCUT2D eigenvalue weighted by Gasteiger charge is 1.93. The first-order valence-corrected chi connectivity index (χ1v) is 7.39. The van der Waals surface area contributed by atoms with Gasteiger partial charge in [-0.25, -0.2) is 0 Å². The SMILES string of the molecule is C=CCCCCCCCCCCCCCC#N. The van der Waals surface area contributed by atoms with Crippen LogP contribution in [0.25, 0.3) is 0 Å². The highest BCUT2D eigenvalue weighted by atomic mass is 14.2. The predicted octanol–water partition coefficient (Wildman–Crippen LogP) is 5.77. The van der Waals surface area contributed by atoms with Crippen molar-refractivity contribution < 1.29 is 0 Å². The fraction of sp³-hybridized carbons (Fsp3) is 0.812. The zero-order valence-corrected chi connectivity index (χ0v) is 11.4. The number of hydrogen-bond donors (Lipinski definition) is 0. The predicted molar refractivity (Wildman–Crippen MR) is 75.8 cm³/mol. The van der Waals surface area contributed by atoms with E-state index in [0.29, 0.717) is 0 Å². The summed E-state index contributed by atoms with van der Waals surface area (Å²) in [5, 5.41) is 8.39. The molecule has 0 rings (SSSR count). The minimum Gasteiger partial charge on any atom is -0.198 e. The molecule has 98 valence electrons. The average molecular weight is 235 g/mol. The van der Waals surface area contributed by atoms with Crippen molar-refractivity contribution in [2.45, 2.75) is 83.5 Å². The Kier molecular flexibility index (Phi) is 14.5. The zero-order chi connectivity index (χ0) is 12.6. The quantitative estimate of drug-likeness (QED) is 0.294. The van der Waals surface area contributed by atoms with Gasteiger partial charge in [-0.1, -0.05) is 63.9 Å². The monoisotopic (exact) mass is 235 g/mol. The zero-order valence-electron chi connectivity index (χ0n) is 11.4. The van der Waals surface area contributed by atoms with Crippen LogP contribution in [0.15, 0.2) is 12.7 Å². The second-order valence-electron chi connectivity index (χ2n) is 4.87. The largest absolute Gasteiger partial charge is 0.198 e. The van der Waals surface area contributed by atoms with Crippen LogP contribution in [0.5, 0.6) is 0 Å². The van der Waals surface area contributed by atoms with Gasteiger partial charge in [-0.15, -0.1) is 6.58 Å². The Morgan fingerprint density at radius 1 is 0.706 bits per heavy atom. The minimum absolute atomic E-state index is 0.741. The van der Waals surface area contributed by atoms with Gasteiger partial charge < -0.3 is 0 Å². The Bertz CT molecular complexity index is 190. The summed E-state index contributed by atoms with van der Waals surface area (Å²) in [5.74, 6) is 0. The fourth-order valence-electron chi connectivity index (χ4n) is 2.08. The van der Waals surface area contributed by atoms with Crippen molar-refractivity contribution in [1.29, 1.82) is 5.26 Å². The number of rotatable bonds is 13. The fourth-order valence-corrected chi connectivity index (χ4v) is 2.08. The number of allylic oxidation sites excluding steroid dienone is 1. The van der Waals surface area contributed by atoms with E-state index in [2.05, 4.69) is 12.6 Å². The lowest BCUT2D eigenvalue weighted by Crippen LogP contribution is -1.82. The molecule has 0 fully saturated rings. The molecule has 0 unspecified atom stereocenters.